The molecule has 0 saturated heterocycles. The van der Waals surface area contributed by atoms with Crippen LogP contribution in [0.5, 0.6) is 0 Å². The van der Waals surface area contributed by atoms with Gasteiger partial charge in [-0.05, 0) is 42.0 Å². The van der Waals surface area contributed by atoms with E-state index in [0.29, 0.717) is 12.0 Å². The zero-order chi connectivity index (χ0) is 18.0. The van der Waals surface area contributed by atoms with Crippen LogP contribution in [0.4, 0.5) is 13.9 Å². The van der Waals surface area contributed by atoms with Gasteiger partial charge < -0.3 is 0 Å². The molecule has 1 N–H and O–H groups in total. The van der Waals surface area contributed by atoms with Crippen molar-refractivity contribution in [3.63, 3.8) is 0 Å². The Bertz CT molecular complexity index is 1010. The fourth-order valence-corrected chi connectivity index (χ4v) is 4.43. The number of nitrogens with zero attached hydrogens (tertiary/aromatic N) is 1. The molecule has 0 unspecified atom stereocenters. The van der Waals surface area contributed by atoms with Crippen LogP contribution in [0.3, 0.4) is 0 Å². The number of thiazole rings is 1. The third-order valence-electron chi connectivity index (χ3n) is 3.26. The zero-order valence-corrected chi connectivity index (χ0v) is 15.8. The van der Waals surface area contributed by atoms with Crippen LogP contribution in [0.25, 0.3) is 0 Å². The van der Waals surface area contributed by atoms with Gasteiger partial charge in [-0.25, -0.2) is 22.2 Å². The van der Waals surface area contributed by atoms with Gasteiger partial charge in [0.15, 0.2) is 16.8 Å². The Kier molecular flexibility index (Phi) is 5.16. The van der Waals surface area contributed by atoms with E-state index in [1.54, 1.807) is 12.1 Å². The SMILES string of the molecule is O=S(=O)(Nc1ncc(Cc2ccc(F)c(F)c2)s1)c1ccc(Br)cc1. The quantitative estimate of drug-likeness (QED) is 0.626. The van der Waals surface area contributed by atoms with E-state index in [4.69, 9.17) is 0 Å². The van der Waals surface area contributed by atoms with Gasteiger partial charge in [0.05, 0.1) is 4.90 Å². The molecule has 0 amide bonds. The number of hydrogen-bond donors (Lipinski definition) is 1. The van der Waals surface area contributed by atoms with E-state index in [9.17, 15) is 17.2 Å². The van der Waals surface area contributed by atoms with E-state index in [2.05, 4.69) is 25.6 Å². The van der Waals surface area contributed by atoms with Crippen molar-refractivity contribution in [2.24, 2.45) is 0 Å². The highest BCUT2D eigenvalue weighted by Gasteiger charge is 2.16. The van der Waals surface area contributed by atoms with Gasteiger partial charge in [-0.1, -0.05) is 22.0 Å². The molecule has 9 heteroatoms. The van der Waals surface area contributed by atoms with Gasteiger partial charge >= 0.3 is 0 Å². The maximum Gasteiger partial charge on any atom is 0.263 e. The first kappa shape index (κ1) is 18.0. The van der Waals surface area contributed by atoms with Crippen molar-refractivity contribution in [2.45, 2.75) is 11.3 Å². The van der Waals surface area contributed by atoms with E-state index in [1.807, 2.05) is 0 Å². The molecule has 0 radical (unpaired) electrons. The summed E-state index contributed by atoms with van der Waals surface area (Å²) in [6.45, 7) is 0. The highest BCUT2D eigenvalue weighted by Crippen LogP contribution is 2.25. The van der Waals surface area contributed by atoms with Crippen molar-refractivity contribution < 1.29 is 17.2 Å². The zero-order valence-electron chi connectivity index (χ0n) is 12.5. The molecule has 2 aromatic carbocycles. The number of benzene rings is 2. The lowest BCUT2D eigenvalue weighted by Gasteiger charge is -2.05. The molecule has 0 aliphatic heterocycles. The molecule has 0 fully saturated rings. The van der Waals surface area contributed by atoms with Crippen molar-refractivity contribution in [1.29, 1.82) is 0 Å². The molecule has 4 nitrogen and oxygen atoms in total. The third kappa shape index (κ3) is 4.42. The van der Waals surface area contributed by atoms with E-state index in [1.165, 1.54) is 24.4 Å². The van der Waals surface area contributed by atoms with Gasteiger partial charge in [0, 0.05) is 22.0 Å². The lowest BCUT2D eigenvalue weighted by molar-refractivity contribution is 0.507. The van der Waals surface area contributed by atoms with Crippen LogP contribution < -0.4 is 4.72 Å². The predicted molar refractivity (Wildman–Crippen MR) is 96.2 cm³/mol. The maximum atomic E-state index is 13.2. The van der Waals surface area contributed by atoms with Gasteiger partial charge in [0.1, 0.15) is 0 Å². The molecule has 0 spiro atoms. The van der Waals surface area contributed by atoms with Crippen molar-refractivity contribution in [1.82, 2.24) is 4.98 Å². The number of hydrogen-bond acceptors (Lipinski definition) is 4. The fourth-order valence-electron chi connectivity index (χ4n) is 2.07. The summed E-state index contributed by atoms with van der Waals surface area (Å²) in [5.74, 6) is -1.82. The smallest absolute Gasteiger partial charge is 0.255 e. The predicted octanol–water partition coefficient (Wildman–Crippen LogP) is 4.58. The Morgan fingerprint density at radius 1 is 1.08 bits per heavy atom. The Labute approximate surface area is 155 Å². The summed E-state index contributed by atoms with van der Waals surface area (Å²) in [7, 11) is -3.73. The second-order valence-corrected chi connectivity index (χ2v) is 8.83. The van der Waals surface area contributed by atoms with Gasteiger partial charge in [-0.3, -0.25) is 4.72 Å². The molecule has 0 saturated carbocycles. The van der Waals surface area contributed by atoms with Crippen molar-refractivity contribution >= 4 is 42.4 Å². The summed E-state index contributed by atoms with van der Waals surface area (Å²) in [6, 6.07) is 9.85. The van der Waals surface area contributed by atoms with Crippen LogP contribution in [0, 0.1) is 11.6 Å². The number of anilines is 1. The molecule has 0 atom stereocenters. The first-order valence-electron chi connectivity index (χ1n) is 7.00. The van der Waals surface area contributed by atoms with Crippen LogP contribution in [0.15, 0.2) is 58.0 Å². The van der Waals surface area contributed by atoms with Crippen LogP contribution in [0.1, 0.15) is 10.4 Å². The Morgan fingerprint density at radius 2 is 1.80 bits per heavy atom. The lowest BCUT2D eigenvalue weighted by atomic mass is 10.1. The third-order valence-corrected chi connectivity index (χ3v) is 6.19. The molecule has 25 heavy (non-hydrogen) atoms. The lowest BCUT2D eigenvalue weighted by Crippen LogP contribution is -2.12. The highest BCUT2D eigenvalue weighted by molar-refractivity contribution is 9.10. The normalized spacial score (nSPS) is 11.5. The number of aromatic nitrogens is 1. The van der Waals surface area contributed by atoms with Crippen molar-refractivity contribution in [2.75, 3.05) is 4.72 Å². The molecular formula is C16H11BrF2N2O2S2. The maximum absolute atomic E-state index is 13.2. The van der Waals surface area contributed by atoms with Crippen molar-refractivity contribution in [3.8, 4) is 0 Å². The van der Waals surface area contributed by atoms with E-state index in [0.717, 1.165) is 32.8 Å². The molecule has 0 aliphatic rings. The molecule has 1 heterocycles. The molecule has 1 aromatic heterocycles. The number of nitrogens with one attached hydrogen (secondary N) is 1. The monoisotopic (exact) mass is 444 g/mol. The van der Waals surface area contributed by atoms with Crippen molar-refractivity contribution in [3.05, 3.63) is 75.2 Å². The minimum Gasteiger partial charge on any atom is -0.255 e. The molecule has 130 valence electrons. The Morgan fingerprint density at radius 3 is 2.48 bits per heavy atom. The standard InChI is InChI=1S/C16H11BrF2N2O2S2/c17-11-2-4-13(5-3-11)25(22,23)21-16-20-9-12(24-16)7-10-1-6-14(18)15(19)8-10/h1-6,8-9H,7H2,(H,20,21). The summed E-state index contributed by atoms with van der Waals surface area (Å²) in [6.07, 6.45) is 1.83. The molecule has 3 aromatic rings. The van der Waals surface area contributed by atoms with E-state index in [-0.39, 0.29) is 10.0 Å². The van der Waals surface area contributed by atoms with Crippen LogP contribution in [-0.2, 0) is 16.4 Å². The minimum atomic E-state index is -3.73. The topological polar surface area (TPSA) is 59.1 Å². The first-order valence-corrected chi connectivity index (χ1v) is 10.1. The van der Waals surface area contributed by atoms with Crippen LogP contribution in [-0.4, -0.2) is 13.4 Å². The fraction of sp³-hybridized carbons (Fsp3) is 0.0625. The Balaban J connectivity index is 1.74. The average Bonchev–Trinajstić information content (AvgIpc) is 2.97. The highest BCUT2D eigenvalue weighted by atomic mass is 79.9. The number of rotatable bonds is 5. The summed E-state index contributed by atoms with van der Waals surface area (Å²) in [5, 5.41) is 0.209. The Hall–Kier alpha value is -1.84. The van der Waals surface area contributed by atoms with E-state index < -0.39 is 21.7 Å². The second kappa shape index (κ2) is 7.19. The first-order chi connectivity index (χ1) is 11.8. The molecular weight excluding hydrogens is 434 g/mol. The van der Waals surface area contributed by atoms with Crippen LogP contribution in [0.2, 0.25) is 0 Å². The number of sulfonamides is 1. The van der Waals surface area contributed by atoms with Gasteiger partial charge in [0.25, 0.3) is 10.0 Å². The number of halogens is 3. The second-order valence-electron chi connectivity index (χ2n) is 5.12. The summed E-state index contributed by atoms with van der Waals surface area (Å²) in [5.41, 5.74) is 0.574. The van der Waals surface area contributed by atoms with Gasteiger partial charge in [0.2, 0.25) is 0 Å². The molecule has 0 bridgehead atoms. The summed E-state index contributed by atoms with van der Waals surface area (Å²) < 4.78 is 54.0. The molecule has 0 aliphatic carbocycles. The van der Waals surface area contributed by atoms with E-state index >= 15 is 0 Å². The average molecular weight is 445 g/mol. The molecule has 3 rings (SSSR count). The summed E-state index contributed by atoms with van der Waals surface area (Å²) >= 11 is 4.38. The minimum absolute atomic E-state index is 0.119. The largest absolute Gasteiger partial charge is 0.263 e. The van der Waals surface area contributed by atoms with Gasteiger partial charge in [-0.2, -0.15) is 0 Å². The summed E-state index contributed by atoms with van der Waals surface area (Å²) in [4.78, 5) is 4.87. The van der Waals surface area contributed by atoms with Crippen LogP contribution >= 0.6 is 27.3 Å². The van der Waals surface area contributed by atoms with Gasteiger partial charge in [-0.15, -0.1) is 11.3 Å².